The third-order valence-corrected chi connectivity index (χ3v) is 9.82. The number of aromatic amines is 1. The second kappa shape index (κ2) is 13.6. The van der Waals surface area contributed by atoms with Crippen LogP contribution in [-0.2, 0) is 27.7 Å². The van der Waals surface area contributed by atoms with E-state index < -0.39 is 9.84 Å². The van der Waals surface area contributed by atoms with E-state index in [-0.39, 0.29) is 36.0 Å². The summed E-state index contributed by atoms with van der Waals surface area (Å²) in [5, 5.41) is 10.4. The molecule has 6 rings (SSSR count). The van der Waals surface area contributed by atoms with E-state index in [1.54, 1.807) is 11.0 Å². The van der Waals surface area contributed by atoms with Crippen molar-refractivity contribution in [2.75, 3.05) is 43.0 Å². The SMILES string of the molecule is O=C(Nc1ccc(-c2n[nH]c(C3CCCN(C(=O)OCc4ccccc4)C3)n2)cc1)c1cccc(CN2CCS(=O)(=O)CC2)c1. The molecule has 1 atom stereocenters. The van der Waals surface area contributed by atoms with Crippen LogP contribution in [0.5, 0.6) is 0 Å². The number of anilines is 1. The van der Waals surface area contributed by atoms with E-state index in [0.717, 1.165) is 35.4 Å². The zero-order chi connectivity index (χ0) is 31.2. The molecule has 2 N–H and O–H groups in total. The number of aromatic nitrogens is 3. The van der Waals surface area contributed by atoms with E-state index in [9.17, 15) is 18.0 Å². The number of amides is 2. The molecule has 12 heteroatoms. The van der Waals surface area contributed by atoms with Crippen molar-refractivity contribution in [3.05, 3.63) is 101 Å². The summed E-state index contributed by atoms with van der Waals surface area (Å²) >= 11 is 0. The number of likely N-dealkylation sites (tertiary alicyclic amines) is 1. The van der Waals surface area contributed by atoms with Gasteiger partial charge in [0.15, 0.2) is 15.7 Å². The van der Waals surface area contributed by atoms with E-state index in [2.05, 4.69) is 20.4 Å². The highest BCUT2D eigenvalue weighted by atomic mass is 32.2. The first kappa shape index (κ1) is 30.5. The van der Waals surface area contributed by atoms with Gasteiger partial charge in [-0.3, -0.25) is 14.8 Å². The van der Waals surface area contributed by atoms with E-state index in [4.69, 9.17) is 9.72 Å². The molecule has 1 unspecified atom stereocenters. The number of carbonyl (C=O) groups excluding carboxylic acids is 2. The first-order valence-electron chi connectivity index (χ1n) is 15.1. The lowest BCUT2D eigenvalue weighted by molar-refractivity contribution is 0.0853. The molecular weight excluding hydrogens is 592 g/mol. The Hall–Kier alpha value is -4.55. The first-order chi connectivity index (χ1) is 21.8. The molecule has 0 bridgehead atoms. The largest absolute Gasteiger partial charge is 0.445 e. The number of hydrogen-bond acceptors (Lipinski definition) is 8. The minimum absolute atomic E-state index is 0.0292. The van der Waals surface area contributed by atoms with Crippen LogP contribution in [0.1, 0.15) is 46.1 Å². The molecule has 4 aromatic rings. The van der Waals surface area contributed by atoms with Crippen LogP contribution in [-0.4, -0.2) is 83.1 Å². The molecule has 0 radical (unpaired) electrons. The van der Waals surface area contributed by atoms with Gasteiger partial charge in [-0.2, -0.15) is 5.10 Å². The number of ether oxygens (including phenoxy) is 1. The lowest BCUT2D eigenvalue weighted by atomic mass is 9.98. The number of hydrogen-bond donors (Lipinski definition) is 2. The molecule has 2 aliphatic rings. The van der Waals surface area contributed by atoms with Crippen molar-refractivity contribution in [2.45, 2.75) is 31.9 Å². The van der Waals surface area contributed by atoms with Crippen molar-refractivity contribution in [1.29, 1.82) is 0 Å². The molecular formula is C33H36N6O5S. The minimum atomic E-state index is -2.94. The van der Waals surface area contributed by atoms with Crippen molar-refractivity contribution in [2.24, 2.45) is 0 Å². The molecule has 2 saturated heterocycles. The zero-order valence-electron chi connectivity index (χ0n) is 24.9. The number of carbonyl (C=O) groups is 2. The molecule has 3 heterocycles. The maximum atomic E-state index is 13.0. The highest BCUT2D eigenvalue weighted by Gasteiger charge is 2.28. The van der Waals surface area contributed by atoms with Gasteiger partial charge in [0.25, 0.3) is 5.91 Å². The number of H-pyrrole nitrogens is 1. The molecule has 1 aromatic heterocycles. The number of nitrogens with zero attached hydrogens (tertiary/aromatic N) is 4. The average molecular weight is 629 g/mol. The van der Waals surface area contributed by atoms with Gasteiger partial charge < -0.3 is 15.0 Å². The van der Waals surface area contributed by atoms with Crippen molar-refractivity contribution >= 4 is 27.5 Å². The number of sulfone groups is 1. The summed E-state index contributed by atoms with van der Waals surface area (Å²) < 4.78 is 29.0. The lowest BCUT2D eigenvalue weighted by Gasteiger charge is -2.30. The third kappa shape index (κ3) is 7.95. The second-order valence-corrected chi connectivity index (χ2v) is 13.8. The Kier molecular flexibility index (Phi) is 9.22. The molecule has 45 heavy (non-hydrogen) atoms. The van der Waals surface area contributed by atoms with E-state index >= 15 is 0 Å². The normalized spacial score (nSPS) is 18.3. The van der Waals surface area contributed by atoms with Crippen molar-refractivity contribution in [1.82, 2.24) is 25.0 Å². The number of rotatable bonds is 8. The molecule has 2 amide bonds. The Morgan fingerprint density at radius 3 is 2.47 bits per heavy atom. The van der Waals surface area contributed by atoms with E-state index in [1.165, 1.54) is 0 Å². The van der Waals surface area contributed by atoms with Crippen LogP contribution in [0.25, 0.3) is 11.4 Å². The summed E-state index contributed by atoms with van der Waals surface area (Å²) in [6, 6.07) is 24.4. The summed E-state index contributed by atoms with van der Waals surface area (Å²) in [4.78, 5) is 34.2. The summed E-state index contributed by atoms with van der Waals surface area (Å²) in [6.45, 7) is 2.99. The fourth-order valence-corrected chi connectivity index (χ4v) is 6.92. The summed E-state index contributed by atoms with van der Waals surface area (Å²) in [5.41, 5.74) is 3.89. The van der Waals surface area contributed by atoms with Gasteiger partial charge in [0.1, 0.15) is 12.4 Å². The van der Waals surface area contributed by atoms with Crippen LogP contribution < -0.4 is 5.32 Å². The van der Waals surface area contributed by atoms with Gasteiger partial charge >= 0.3 is 6.09 Å². The highest BCUT2D eigenvalue weighted by molar-refractivity contribution is 7.91. The summed E-state index contributed by atoms with van der Waals surface area (Å²) in [7, 11) is -2.94. The molecule has 234 valence electrons. The maximum absolute atomic E-state index is 13.0. The predicted molar refractivity (Wildman–Crippen MR) is 170 cm³/mol. The molecule has 2 aliphatic heterocycles. The predicted octanol–water partition coefficient (Wildman–Crippen LogP) is 4.47. The van der Waals surface area contributed by atoms with Crippen molar-refractivity contribution < 1.29 is 22.7 Å². The van der Waals surface area contributed by atoms with Gasteiger partial charge in [0, 0.05) is 55.5 Å². The average Bonchev–Trinajstić information content (AvgIpc) is 3.56. The molecule has 2 fully saturated rings. The molecule has 0 saturated carbocycles. The van der Waals surface area contributed by atoms with Gasteiger partial charge in [-0.25, -0.2) is 18.2 Å². The Bertz CT molecular complexity index is 1730. The summed E-state index contributed by atoms with van der Waals surface area (Å²) in [6.07, 6.45) is 1.41. The number of nitrogens with one attached hydrogen (secondary N) is 2. The van der Waals surface area contributed by atoms with Crippen LogP contribution >= 0.6 is 0 Å². The van der Waals surface area contributed by atoms with Crippen molar-refractivity contribution in [3.8, 4) is 11.4 Å². The fraction of sp³-hybridized carbons (Fsp3) is 0.333. The van der Waals surface area contributed by atoms with Crippen LogP contribution in [0, 0.1) is 0 Å². The fourth-order valence-electron chi connectivity index (χ4n) is 5.65. The zero-order valence-corrected chi connectivity index (χ0v) is 25.7. The lowest BCUT2D eigenvalue weighted by Crippen LogP contribution is -2.39. The molecule has 11 nitrogen and oxygen atoms in total. The number of benzene rings is 3. The highest BCUT2D eigenvalue weighted by Crippen LogP contribution is 2.27. The van der Waals surface area contributed by atoms with Gasteiger partial charge in [-0.15, -0.1) is 0 Å². The molecule has 0 spiro atoms. The Balaban J connectivity index is 1.02. The number of piperidine rings is 1. The van der Waals surface area contributed by atoms with Gasteiger partial charge in [0.05, 0.1) is 11.5 Å². The molecule has 3 aromatic carbocycles. The topological polar surface area (TPSA) is 138 Å². The standard InChI is InChI=1S/C33H36N6O5S/c40-32(27-9-4-8-25(20-27)21-38-16-18-45(42,43)19-17-38)34-29-13-11-26(12-14-29)30-35-31(37-36-30)28-10-5-15-39(22-28)33(41)44-23-24-6-2-1-3-7-24/h1-4,6-9,11-14,20,28H,5,10,15-19,21-23H2,(H,34,40)(H,35,36,37). The van der Waals surface area contributed by atoms with Crippen LogP contribution in [0.15, 0.2) is 78.9 Å². The third-order valence-electron chi connectivity index (χ3n) is 8.21. The van der Waals surface area contributed by atoms with Gasteiger partial charge in [0.2, 0.25) is 0 Å². The Morgan fingerprint density at radius 2 is 1.69 bits per heavy atom. The van der Waals surface area contributed by atoms with Gasteiger partial charge in [-0.1, -0.05) is 42.5 Å². The smallest absolute Gasteiger partial charge is 0.410 e. The van der Waals surface area contributed by atoms with Crippen molar-refractivity contribution in [3.63, 3.8) is 0 Å². The first-order valence-corrected chi connectivity index (χ1v) is 16.9. The van der Waals surface area contributed by atoms with Crippen LogP contribution in [0.3, 0.4) is 0 Å². The molecule has 0 aliphatic carbocycles. The van der Waals surface area contributed by atoms with Crippen LogP contribution in [0.2, 0.25) is 0 Å². The van der Waals surface area contributed by atoms with Crippen LogP contribution in [0.4, 0.5) is 10.5 Å². The maximum Gasteiger partial charge on any atom is 0.410 e. The summed E-state index contributed by atoms with van der Waals surface area (Å²) in [5.74, 6) is 1.42. The Labute approximate surface area is 262 Å². The van der Waals surface area contributed by atoms with E-state index in [1.807, 2.05) is 72.8 Å². The quantitative estimate of drug-likeness (QED) is 0.292. The second-order valence-electron chi connectivity index (χ2n) is 11.5. The van der Waals surface area contributed by atoms with Gasteiger partial charge in [-0.05, 0) is 60.4 Å². The monoisotopic (exact) mass is 628 g/mol. The minimum Gasteiger partial charge on any atom is -0.445 e. The van der Waals surface area contributed by atoms with E-state index in [0.29, 0.717) is 49.8 Å². The Morgan fingerprint density at radius 1 is 0.933 bits per heavy atom.